The molecule has 0 fully saturated rings. The highest BCUT2D eigenvalue weighted by Crippen LogP contribution is 2.30. The lowest BCUT2D eigenvalue weighted by molar-refractivity contribution is -0.141. The summed E-state index contributed by atoms with van der Waals surface area (Å²) in [6.45, 7) is 3.77. The van der Waals surface area contributed by atoms with Gasteiger partial charge in [0, 0.05) is 19.4 Å². The number of phenols is 1. The van der Waals surface area contributed by atoms with Crippen molar-refractivity contribution in [1.29, 1.82) is 0 Å². The Kier molecular flexibility index (Phi) is 32.0. The fourth-order valence-electron chi connectivity index (χ4n) is 3.96. The van der Waals surface area contributed by atoms with Gasteiger partial charge in [-0.2, -0.15) is 0 Å². The number of rotatable bonds is 15. The van der Waals surface area contributed by atoms with Crippen molar-refractivity contribution in [2.24, 2.45) is 28.7 Å². The van der Waals surface area contributed by atoms with Crippen molar-refractivity contribution >= 4 is 35.8 Å². The number of unbranched alkanes of at least 4 members (excludes halogenated alkanes) is 1. The molecule has 0 radical (unpaired) electrons. The van der Waals surface area contributed by atoms with Crippen LogP contribution < -0.4 is 34.0 Å². The first-order chi connectivity index (χ1) is 26.1. The highest BCUT2D eigenvalue weighted by Gasteiger charge is 2.20. The van der Waals surface area contributed by atoms with Crippen LogP contribution in [0.4, 0.5) is 0 Å². The van der Waals surface area contributed by atoms with Gasteiger partial charge in [0.15, 0.2) is 0 Å². The molecule has 0 saturated carbocycles. The smallest absolute Gasteiger partial charge is 0.320 e. The Labute approximate surface area is 325 Å². The van der Waals surface area contributed by atoms with Gasteiger partial charge in [-0.3, -0.25) is 34.1 Å². The van der Waals surface area contributed by atoms with E-state index in [0.717, 1.165) is 25.3 Å². The summed E-state index contributed by atoms with van der Waals surface area (Å²) >= 11 is 0. The Morgan fingerprint density at radius 3 is 1.70 bits per heavy atom. The molecule has 1 aliphatic carbocycles. The Bertz CT molecular complexity index is 1500. The van der Waals surface area contributed by atoms with Crippen molar-refractivity contribution in [1.82, 2.24) is 5.32 Å². The second-order valence-corrected chi connectivity index (χ2v) is 11.9. The van der Waals surface area contributed by atoms with Gasteiger partial charge in [0.1, 0.15) is 29.9 Å². The molecule has 18 N–H and O–H groups in total. The van der Waals surface area contributed by atoms with E-state index < -0.39 is 60.0 Å². The fourth-order valence-corrected chi connectivity index (χ4v) is 3.96. The van der Waals surface area contributed by atoms with Crippen LogP contribution in [0.15, 0.2) is 48.5 Å². The number of aryl methyl sites for hydroxylation is 1. The number of nitrogens with one attached hydrogen (secondary N) is 1. The molecule has 0 aromatic heterocycles. The molecule has 314 valence electrons. The molecule has 0 bridgehead atoms. The summed E-state index contributed by atoms with van der Waals surface area (Å²) in [7, 11) is 0. The number of hydrogen-bond donors (Lipinski definition) is 13. The van der Waals surface area contributed by atoms with Gasteiger partial charge in [0.2, 0.25) is 0 Å². The van der Waals surface area contributed by atoms with E-state index in [1.807, 2.05) is 0 Å². The predicted octanol–water partition coefficient (Wildman–Crippen LogP) is 0.543. The highest BCUT2D eigenvalue weighted by molar-refractivity contribution is 5.75. The minimum absolute atomic E-state index is 0.0231. The van der Waals surface area contributed by atoms with Crippen LogP contribution in [-0.4, -0.2) is 109 Å². The number of carboxylic acids is 6. The highest BCUT2D eigenvalue weighted by atomic mass is 16.4. The second-order valence-electron chi connectivity index (χ2n) is 11.9. The monoisotopic (exact) mass is 794 g/mol. The van der Waals surface area contributed by atoms with E-state index in [1.165, 1.54) is 43.0 Å². The summed E-state index contributed by atoms with van der Waals surface area (Å²) in [5.41, 5.74) is 29.3. The lowest BCUT2D eigenvalue weighted by Crippen LogP contribution is -2.32. The SMILES string of the molecule is C#CCN[C@@H]1CCc2ccccc21.CC(=O)O.C[C@H](N)C(=O)O.NCCCC[C@H](N)C(=O)O.N[C@@H](CCC(=O)O)C(=O)O.N[C@@H](Cc1ccc(O)cc1)C(=O)O. The summed E-state index contributed by atoms with van der Waals surface area (Å²) in [6.07, 6.45) is 9.79. The third-order valence-electron chi connectivity index (χ3n) is 6.95. The van der Waals surface area contributed by atoms with Crippen molar-refractivity contribution < 1.29 is 64.5 Å². The summed E-state index contributed by atoms with van der Waals surface area (Å²) in [5.74, 6) is -3.17. The van der Waals surface area contributed by atoms with Crippen LogP contribution in [0.3, 0.4) is 0 Å². The van der Waals surface area contributed by atoms with Gasteiger partial charge in [-0.05, 0) is 80.8 Å². The van der Waals surface area contributed by atoms with Crippen molar-refractivity contribution in [3.05, 3.63) is 65.2 Å². The molecule has 3 rings (SSSR count). The quantitative estimate of drug-likeness (QED) is 0.0864. The molecular formula is C37H58N6O13. The van der Waals surface area contributed by atoms with E-state index in [9.17, 15) is 24.0 Å². The molecule has 56 heavy (non-hydrogen) atoms. The van der Waals surface area contributed by atoms with Crippen LogP contribution in [0.25, 0.3) is 0 Å². The van der Waals surface area contributed by atoms with Gasteiger partial charge < -0.3 is 64.4 Å². The molecule has 5 atom stereocenters. The third-order valence-corrected chi connectivity index (χ3v) is 6.95. The Morgan fingerprint density at radius 1 is 0.786 bits per heavy atom. The minimum Gasteiger partial charge on any atom is -0.508 e. The number of terminal acetylenes is 1. The number of aliphatic carboxylic acids is 6. The Morgan fingerprint density at radius 2 is 1.27 bits per heavy atom. The third kappa shape index (κ3) is 31.9. The van der Waals surface area contributed by atoms with Gasteiger partial charge in [-0.15, -0.1) is 6.42 Å². The van der Waals surface area contributed by atoms with Gasteiger partial charge >= 0.3 is 29.8 Å². The first-order valence-corrected chi connectivity index (χ1v) is 17.2. The minimum atomic E-state index is -1.17. The van der Waals surface area contributed by atoms with Crippen LogP contribution in [0.1, 0.15) is 75.1 Å². The van der Waals surface area contributed by atoms with Crippen LogP contribution in [-0.2, 0) is 41.6 Å². The van der Waals surface area contributed by atoms with Crippen LogP contribution >= 0.6 is 0 Å². The standard InChI is InChI=1S/C12H13N.C9H11NO3.C6H14N2O2.C5H9NO4.C3H7NO2.C2H4O2/c1-2-9-13-12-8-7-10-5-3-4-6-11(10)12;10-8(9(12)13)5-6-1-3-7(11)4-2-6;7-4-2-1-3-5(8)6(9)10;6-3(5(9)10)1-2-4(7)8;1-2(4)3(5)6;1-2(3)4/h1,3-6,12-13H,7-9H2;1-4,8,11H,5,10H2,(H,12,13);5H,1-4,7-8H2,(H,9,10);3H,1-2,6H2,(H,7,8)(H,9,10);2H,4H2,1H3,(H,5,6);1H3,(H,3,4)/t12-;8-;5-;3-;2-;/m10000./s1. The fraction of sp³-hybridized carbons (Fsp3) is 0.459. The molecule has 0 unspecified atom stereocenters. The number of hydrogen-bond acceptors (Lipinski definition) is 13. The van der Waals surface area contributed by atoms with Crippen molar-refractivity contribution in [2.45, 2.75) is 95.4 Å². The number of carbonyl (C=O) groups is 6. The van der Waals surface area contributed by atoms with Crippen molar-refractivity contribution in [3.8, 4) is 18.1 Å². The number of carboxylic acid groups (broad SMARTS) is 6. The summed E-state index contributed by atoms with van der Waals surface area (Å²) in [4.78, 5) is 59.0. The molecule has 2 aromatic rings. The van der Waals surface area contributed by atoms with Gasteiger partial charge in [-0.25, -0.2) is 0 Å². The predicted molar refractivity (Wildman–Crippen MR) is 207 cm³/mol. The number of aromatic hydroxyl groups is 1. The zero-order valence-electron chi connectivity index (χ0n) is 31.6. The summed E-state index contributed by atoms with van der Waals surface area (Å²) in [6, 6.07) is 12.0. The van der Waals surface area contributed by atoms with Gasteiger partial charge in [0.25, 0.3) is 5.97 Å². The second kappa shape index (κ2) is 32.8. The number of phenolic OH excluding ortho intramolecular Hbond substituents is 1. The van der Waals surface area contributed by atoms with E-state index in [2.05, 4.69) is 35.5 Å². The average Bonchev–Trinajstić information content (AvgIpc) is 3.54. The van der Waals surface area contributed by atoms with Crippen molar-refractivity contribution in [3.63, 3.8) is 0 Å². The molecule has 1 aliphatic rings. The molecule has 19 heteroatoms. The first kappa shape index (κ1) is 54.7. The largest absolute Gasteiger partial charge is 0.508 e. The topological polar surface area (TPSA) is 386 Å². The van der Waals surface area contributed by atoms with E-state index in [4.69, 9.17) is 75.6 Å². The normalized spacial score (nSPS) is 13.9. The lowest BCUT2D eigenvalue weighted by Gasteiger charge is -2.10. The molecule has 0 aliphatic heterocycles. The zero-order chi connectivity index (χ0) is 43.8. The molecule has 0 amide bonds. The van der Waals surface area contributed by atoms with Crippen LogP contribution in [0, 0.1) is 12.3 Å². The van der Waals surface area contributed by atoms with E-state index in [1.54, 1.807) is 12.1 Å². The van der Waals surface area contributed by atoms with Gasteiger partial charge in [0.05, 0.1) is 6.54 Å². The van der Waals surface area contributed by atoms with E-state index >= 15 is 0 Å². The first-order valence-electron chi connectivity index (χ1n) is 17.2. The molecule has 0 heterocycles. The maximum Gasteiger partial charge on any atom is 0.320 e. The number of fused-ring (bicyclic) bond motifs is 1. The zero-order valence-corrected chi connectivity index (χ0v) is 31.6. The van der Waals surface area contributed by atoms with Crippen molar-refractivity contribution in [2.75, 3.05) is 13.1 Å². The summed E-state index contributed by atoms with van der Waals surface area (Å²) in [5, 5.41) is 60.7. The molecular weight excluding hydrogens is 736 g/mol. The number of nitrogens with two attached hydrogens (primary N) is 5. The Balaban J connectivity index is -0.000000624. The Hall–Kier alpha value is -5.62. The van der Waals surface area contributed by atoms with E-state index in [-0.39, 0.29) is 25.0 Å². The van der Waals surface area contributed by atoms with E-state index in [0.29, 0.717) is 25.6 Å². The maximum absolute atomic E-state index is 10.4. The van der Waals surface area contributed by atoms with Crippen LogP contribution in [0.2, 0.25) is 0 Å². The van der Waals surface area contributed by atoms with Crippen LogP contribution in [0.5, 0.6) is 5.75 Å². The summed E-state index contributed by atoms with van der Waals surface area (Å²) < 4.78 is 0. The molecule has 0 spiro atoms. The molecule has 19 nitrogen and oxygen atoms in total. The average molecular weight is 795 g/mol. The molecule has 2 aromatic carbocycles. The number of benzene rings is 2. The maximum atomic E-state index is 10.4. The van der Waals surface area contributed by atoms with Gasteiger partial charge in [-0.1, -0.05) is 48.7 Å². The molecule has 0 saturated heterocycles. The lowest BCUT2D eigenvalue weighted by atomic mass is 10.1.